The third-order valence-corrected chi connectivity index (χ3v) is 1.54. The summed E-state index contributed by atoms with van der Waals surface area (Å²) in [6.07, 6.45) is 0.833. The third-order valence-electron chi connectivity index (χ3n) is 1.54. The van der Waals surface area contributed by atoms with E-state index in [1.165, 1.54) is 0 Å². The van der Waals surface area contributed by atoms with Crippen molar-refractivity contribution in [2.75, 3.05) is 39.6 Å². The molecule has 0 atom stereocenters. The van der Waals surface area contributed by atoms with Gasteiger partial charge in [-0.15, -0.1) is 0 Å². The number of allylic oxidation sites excluding steroid dienone is 1. The summed E-state index contributed by atoms with van der Waals surface area (Å²) in [5, 5.41) is 8.40. The lowest BCUT2D eigenvalue weighted by molar-refractivity contribution is 0.0172. The summed E-state index contributed by atoms with van der Waals surface area (Å²) in [6.45, 7) is 8.23. The Labute approximate surface area is 85.5 Å². The first-order valence-electron chi connectivity index (χ1n) is 4.88. The molecule has 0 unspecified atom stereocenters. The van der Waals surface area contributed by atoms with Crippen LogP contribution in [0.1, 0.15) is 13.3 Å². The van der Waals surface area contributed by atoms with E-state index >= 15 is 0 Å². The van der Waals surface area contributed by atoms with Crippen LogP contribution in [0.25, 0.3) is 0 Å². The molecule has 84 valence electrons. The molecule has 1 N–H and O–H groups in total. The molecule has 0 aromatic rings. The highest BCUT2D eigenvalue weighted by Crippen LogP contribution is 1.97. The van der Waals surface area contributed by atoms with Crippen LogP contribution in [-0.2, 0) is 14.2 Å². The maximum absolute atomic E-state index is 8.40. The van der Waals surface area contributed by atoms with Crippen molar-refractivity contribution >= 4 is 0 Å². The minimum Gasteiger partial charge on any atom is -0.496 e. The third kappa shape index (κ3) is 9.51. The predicted octanol–water partition coefficient (Wildman–Crippen LogP) is 0.952. The van der Waals surface area contributed by atoms with Crippen molar-refractivity contribution in [1.82, 2.24) is 0 Å². The standard InChI is InChI=1S/C10H20O4/c1-3-10(2)14-9-8-13-7-6-12-5-4-11/h11H,2-9H2,1H3. The van der Waals surface area contributed by atoms with Crippen LogP contribution in [0.2, 0.25) is 0 Å². The minimum absolute atomic E-state index is 0.0550. The molecule has 0 aliphatic rings. The molecule has 0 bridgehead atoms. The monoisotopic (exact) mass is 204 g/mol. The Morgan fingerprint density at radius 2 is 1.64 bits per heavy atom. The zero-order valence-corrected chi connectivity index (χ0v) is 8.83. The van der Waals surface area contributed by atoms with Crippen LogP contribution in [0, 0.1) is 0 Å². The molecule has 4 nitrogen and oxygen atoms in total. The Kier molecular flexibility index (Phi) is 10.1. The molecule has 0 fully saturated rings. The molecule has 0 aliphatic heterocycles. The van der Waals surface area contributed by atoms with Crippen LogP contribution in [-0.4, -0.2) is 44.7 Å². The van der Waals surface area contributed by atoms with Gasteiger partial charge in [-0.05, 0) is 0 Å². The van der Waals surface area contributed by atoms with E-state index in [0.717, 1.165) is 12.2 Å². The molecule has 0 saturated heterocycles. The summed E-state index contributed by atoms with van der Waals surface area (Å²) in [5.74, 6) is 0.783. The molecule has 0 aliphatic carbocycles. The molecule has 0 aromatic carbocycles. The van der Waals surface area contributed by atoms with Gasteiger partial charge in [0.2, 0.25) is 0 Å². The van der Waals surface area contributed by atoms with E-state index in [0.29, 0.717) is 33.0 Å². The van der Waals surface area contributed by atoms with Crippen LogP contribution in [0.5, 0.6) is 0 Å². The van der Waals surface area contributed by atoms with Crippen LogP contribution in [0.3, 0.4) is 0 Å². The zero-order valence-electron chi connectivity index (χ0n) is 8.83. The van der Waals surface area contributed by atoms with Gasteiger partial charge in [0.25, 0.3) is 0 Å². The van der Waals surface area contributed by atoms with Crippen LogP contribution < -0.4 is 0 Å². The van der Waals surface area contributed by atoms with Gasteiger partial charge in [0, 0.05) is 6.42 Å². The lowest BCUT2D eigenvalue weighted by Crippen LogP contribution is -2.10. The second kappa shape index (κ2) is 10.5. The smallest absolute Gasteiger partial charge is 0.111 e. The van der Waals surface area contributed by atoms with Crippen molar-refractivity contribution < 1.29 is 19.3 Å². The number of rotatable bonds is 10. The van der Waals surface area contributed by atoms with Gasteiger partial charge >= 0.3 is 0 Å². The van der Waals surface area contributed by atoms with E-state index in [-0.39, 0.29) is 6.61 Å². The highest BCUT2D eigenvalue weighted by Gasteiger charge is 1.92. The van der Waals surface area contributed by atoms with Gasteiger partial charge in [0.15, 0.2) is 0 Å². The van der Waals surface area contributed by atoms with E-state index < -0.39 is 0 Å². The van der Waals surface area contributed by atoms with Crippen molar-refractivity contribution in [3.63, 3.8) is 0 Å². The summed E-state index contributed by atoms with van der Waals surface area (Å²) < 4.78 is 15.4. The number of ether oxygens (including phenoxy) is 3. The topological polar surface area (TPSA) is 47.9 Å². The maximum atomic E-state index is 8.40. The van der Waals surface area contributed by atoms with E-state index in [9.17, 15) is 0 Å². The van der Waals surface area contributed by atoms with Gasteiger partial charge in [0.05, 0.1) is 38.8 Å². The number of hydrogen-bond acceptors (Lipinski definition) is 4. The van der Waals surface area contributed by atoms with Gasteiger partial charge in [0.1, 0.15) is 6.61 Å². The van der Waals surface area contributed by atoms with Crippen LogP contribution in [0.15, 0.2) is 12.3 Å². The van der Waals surface area contributed by atoms with Crippen molar-refractivity contribution in [3.05, 3.63) is 12.3 Å². The Balaban J connectivity index is 2.95. The molecule has 14 heavy (non-hydrogen) atoms. The number of aliphatic hydroxyl groups excluding tert-OH is 1. The van der Waals surface area contributed by atoms with E-state index in [1.54, 1.807) is 0 Å². The Morgan fingerprint density at radius 3 is 2.21 bits per heavy atom. The average molecular weight is 204 g/mol. The van der Waals surface area contributed by atoms with Crippen molar-refractivity contribution in [1.29, 1.82) is 0 Å². The largest absolute Gasteiger partial charge is 0.496 e. The van der Waals surface area contributed by atoms with Crippen molar-refractivity contribution in [2.45, 2.75) is 13.3 Å². The highest BCUT2D eigenvalue weighted by atomic mass is 16.5. The van der Waals surface area contributed by atoms with E-state index in [2.05, 4.69) is 6.58 Å². The Bertz CT molecular complexity index is 136. The van der Waals surface area contributed by atoms with Crippen molar-refractivity contribution in [3.8, 4) is 0 Å². The zero-order chi connectivity index (χ0) is 10.6. The summed E-state index contributed by atoms with van der Waals surface area (Å²) >= 11 is 0. The van der Waals surface area contributed by atoms with Gasteiger partial charge in [-0.3, -0.25) is 0 Å². The fraction of sp³-hybridized carbons (Fsp3) is 0.800. The van der Waals surface area contributed by atoms with Gasteiger partial charge in [-0.2, -0.15) is 0 Å². The number of aliphatic hydroxyl groups is 1. The van der Waals surface area contributed by atoms with Gasteiger partial charge < -0.3 is 19.3 Å². The molecular formula is C10H20O4. The molecule has 0 heterocycles. The average Bonchev–Trinajstić information content (AvgIpc) is 2.21. The lowest BCUT2D eigenvalue weighted by Gasteiger charge is -2.07. The minimum atomic E-state index is 0.0550. The highest BCUT2D eigenvalue weighted by molar-refractivity contribution is 4.79. The SMILES string of the molecule is C=C(CC)OCCOCCOCCO. The van der Waals surface area contributed by atoms with Crippen LogP contribution >= 0.6 is 0 Å². The summed E-state index contributed by atoms with van der Waals surface area (Å²) in [4.78, 5) is 0. The Morgan fingerprint density at radius 1 is 1.07 bits per heavy atom. The van der Waals surface area contributed by atoms with Crippen LogP contribution in [0.4, 0.5) is 0 Å². The predicted molar refractivity (Wildman–Crippen MR) is 54.1 cm³/mol. The quantitative estimate of drug-likeness (QED) is 0.425. The second-order valence-corrected chi connectivity index (χ2v) is 2.69. The van der Waals surface area contributed by atoms with E-state index in [4.69, 9.17) is 19.3 Å². The first kappa shape index (κ1) is 13.4. The molecule has 0 amide bonds. The normalized spacial score (nSPS) is 10.1. The number of hydrogen-bond donors (Lipinski definition) is 1. The molecule has 4 heteroatoms. The summed E-state index contributed by atoms with van der Waals surface area (Å²) in [6, 6.07) is 0. The summed E-state index contributed by atoms with van der Waals surface area (Å²) in [7, 11) is 0. The van der Waals surface area contributed by atoms with E-state index in [1.807, 2.05) is 6.92 Å². The lowest BCUT2D eigenvalue weighted by atomic mass is 10.4. The fourth-order valence-corrected chi connectivity index (χ4v) is 0.734. The fourth-order valence-electron chi connectivity index (χ4n) is 0.734. The first-order chi connectivity index (χ1) is 6.81. The molecule has 0 spiro atoms. The molecule has 0 radical (unpaired) electrons. The molecule has 0 saturated carbocycles. The molecule has 0 rings (SSSR count). The molecule has 0 aromatic heterocycles. The van der Waals surface area contributed by atoms with Gasteiger partial charge in [-0.25, -0.2) is 0 Å². The van der Waals surface area contributed by atoms with Crippen molar-refractivity contribution in [2.24, 2.45) is 0 Å². The summed E-state index contributed by atoms with van der Waals surface area (Å²) in [5.41, 5.74) is 0. The second-order valence-electron chi connectivity index (χ2n) is 2.69. The van der Waals surface area contributed by atoms with Gasteiger partial charge in [-0.1, -0.05) is 13.5 Å². The first-order valence-corrected chi connectivity index (χ1v) is 4.88. The molecular weight excluding hydrogens is 184 g/mol. The maximum Gasteiger partial charge on any atom is 0.111 e. The Hall–Kier alpha value is -0.580.